The highest BCUT2D eigenvalue weighted by molar-refractivity contribution is 7.86. The van der Waals surface area contributed by atoms with E-state index in [1.165, 1.54) is 48.5 Å². The van der Waals surface area contributed by atoms with Gasteiger partial charge < -0.3 is 10.0 Å². The summed E-state index contributed by atoms with van der Waals surface area (Å²) in [4.78, 5) is 15.2. The maximum atomic E-state index is 14.0. The zero-order valence-electron chi connectivity index (χ0n) is 29.5. The van der Waals surface area contributed by atoms with Crippen molar-refractivity contribution in [2.45, 2.75) is 61.4 Å². The van der Waals surface area contributed by atoms with Crippen molar-refractivity contribution in [3.63, 3.8) is 0 Å². The van der Waals surface area contributed by atoms with Gasteiger partial charge in [-0.2, -0.15) is 21.4 Å². The zero-order chi connectivity index (χ0) is 39.1. The predicted octanol–water partition coefficient (Wildman–Crippen LogP) is 7.24. The summed E-state index contributed by atoms with van der Waals surface area (Å²) < 4.78 is 97.4. The van der Waals surface area contributed by atoms with Crippen molar-refractivity contribution in [1.29, 1.82) is 0 Å². The van der Waals surface area contributed by atoms with Crippen LogP contribution in [0.15, 0.2) is 129 Å². The molecule has 2 heterocycles. The SMILES string of the molecule is CC1(C)C(/C=C2\C(=O)C(/C=C3\N(Cc4ccc(F)cc4)c4ccc(S(=O)(=O)O)cc4C3(C)C)=C2O)=[N+](Cc2ccc(F)cc2)c2ccc(S(=O)(=O)O)cc21. The predicted molar refractivity (Wildman–Crippen MR) is 197 cm³/mol. The quantitative estimate of drug-likeness (QED) is 0.0956. The van der Waals surface area contributed by atoms with E-state index in [9.17, 15) is 44.6 Å². The summed E-state index contributed by atoms with van der Waals surface area (Å²) in [6.45, 7) is 7.66. The number of fused-ring (bicyclic) bond motifs is 2. The standard InChI is InChI=1S/C40H34F2N2O8S2/c1-39(2)31-17-27(53(47,48)49)13-15-33(31)43(21-23-5-9-25(41)10-6-23)35(39)19-29-37(45)30(38(29)46)20-36-40(3,4)32-18-28(54(50,51)52)14-16-34(32)44(36)22-24-7-11-26(42)12-8-24/h5-20H,21-22H2,1-4H3,(H2-,45,46,47,48,49,50,51,52)/p+1. The van der Waals surface area contributed by atoms with Crippen LogP contribution in [0.1, 0.15) is 49.9 Å². The van der Waals surface area contributed by atoms with Gasteiger partial charge >= 0.3 is 0 Å². The first-order valence-corrected chi connectivity index (χ1v) is 19.6. The van der Waals surface area contributed by atoms with Crippen LogP contribution >= 0.6 is 0 Å². The average Bonchev–Trinajstić information content (AvgIpc) is 3.44. The van der Waals surface area contributed by atoms with E-state index >= 15 is 0 Å². The Balaban J connectivity index is 1.35. The van der Waals surface area contributed by atoms with E-state index in [0.717, 1.165) is 0 Å². The van der Waals surface area contributed by atoms with Gasteiger partial charge in [0, 0.05) is 46.6 Å². The topological polar surface area (TPSA) is 152 Å². The van der Waals surface area contributed by atoms with Crippen molar-refractivity contribution in [1.82, 2.24) is 0 Å². The summed E-state index contributed by atoms with van der Waals surface area (Å²) >= 11 is 0. The minimum absolute atomic E-state index is 0.0103. The number of benzene rings is 4. The fourth-order valence-electron chi connectivity index (χ4n) is 7.42. The van der Waals surface area contributed by atoms with E-state index < -0.39 is 48.5 Å². The average molecular weight is 774 g/mol. The number of rotatable bonds is 8. The number of Topliss-reactive ketones (excluding diaryl/α,β-unsaturated/α-hetero) is 1. The minimum Gasteiger partial charge on any atom is -0.506 e. The third-order valence-electron chi connectivity index (χ3n) is 10.4. The Labute approximate surface area is 311 Å². The Morgan fingerprint density at radius 3 is 1.81 bits per heavy atom. The Bertz CT molecular complexity index is 2640. The summed E-state index contributed by atoms with van der Waals surface area (Å²) in [6, 6.07) is 20.0. The first-order chi connectivity index (χ1) is 25.2. The molecule has 3 aliphatic rings. The highest BCUT2D eigenvalue weighted by Gasteiger charge is 2.48. The maximum Gasteiger partial charge on any atom is 0.294 e. The number of halogens is 2. The minimum atomic E-state index is -4.55. The van der Waals surface area contributed by atoms with Crippen LogP contribution in [0, 0.1) is 11.6 Å². The largest absolute Gasteiger partial charge is 0.506 e. The van der Waals surface area contributed by atoms with Crippen molar-refractivity contribution in [2.75, 3.05) is 4.90 Å². The van der Waals surface area contributed by atoms with E-state index in [1.807, 2.05) is 37.2 Å². The molecule has 0 aromatic heterocycles. The molecular weight excluding hydrogens is 739 g/mol. The van der Waals surface area contributed by atoms with E-state index in [-0.39, 0.29) is 39.8 Å². The maximum absolute atomic E-state index is 14.0. The van der Waals surface area contributed by atoms with E-state index in [2.05, 4.69) is 0 Å². The molecule has 0 atom stereocenters. The molecule has 0 fully saturated rings. The summed E-state index contributed by atoms with van der Waals surface area (Å²) in [5.41, 5.74) is 2.83. The lowest BCUT2D eigenvalue weighted by atomic mass is 9.77. The number of carbonyl (C=O) groups is 1. The highest BCUT2D eigenvalue weighted by atomic mass is 32.2. The second-order valence-corrected chi connectivity index (χ2v) is 17.4. The number of ketones is 1. The molecule has 4 aromatic rings. The van der Waals surface area contributed by atoms with Crippen molar-refractivity contribution < 1.29 is 49.2 Å². The van der Waals surface area contributed by atoms with Gasteiger partial charge in [-0.15, -0.1) is 0 Å². The fraction of sp³-hybridized carbons (Fsp3) is 0.200. The number of hydrogen-bond acceptors (Lipinski definition) is 7. The van der Waals surface area contributed by atoms with Crippen LogP contribution in [0.25, 0.3) is 0 Å². The molecule has 0 spiro atoms. The molecule has 10 nitrogen and oxygen atoms in total. The molecule has 14 heteroatoms. The fourth-order valence-corrected chi connectivity index (χ4v) is 8.43. The van der Waals surface area contributed by atoms with Crippen LogP contribution < -0.4 is 4.90 Å². The molecule has 0 unspecified atom stereocenters. The number of allylic oxidation sites excluding steroid dienone is 5. The van der Waals surface area contributed by atoms with Crippen LogP contribution in [0.4, 0.5) is 20.2 Å². The summed E-state index contributed by atoms with van der Waals surface area (Å²) in [6.07, 6.45) is 3.08. The van der Waals surface area contributed by atoms with Crippen LogP contribution in [0.5, 0.6) is 0 Å². The van der Waals surface area contributed by atoms with Gasteiger partial charge in [0.2, 0.25) is 11.5 Å². The van der Waals surface area contributed by atoms with Crippen molar-refractivity contribution in [3.05, 3.63) is 154 Å². The smallest absolute Gasteiger partial charge is 0.294 e. The molecule has 3 N–H and O–H groups in total. The first kappa shape index (κ1) is 37.1. The summed E-state index contributed by atoms with van der Waals surface area (Å²) in [5.74, 6) is -1.65. The first-order valence-electron chi connectivity index (χ1n) is 16.8. The molecule has 0 radical (unpaired) electrons. The molecule has 0 saturated carbocycles. The van der Waals surface area contributed by atoms with Crippen LogP contribution in [-0.4, -0.2) is 47.1 Å². The van der Waals surface area contributed by atoms with Crippen molar-refractivity contribution in [2.24, 2.45) is 0 Å². The molecule has 1 aliphatic carbocycles. The zero-order valence-corrected chi connectivity index (χ0v) is 31.1. The van der Waals surface area contributed by atoms with E-state index in [0.29, 0.717) is 45.0 Å². The molecule has 7 rings (SSSR count). The molecule has 278 valence electrons. The van der Waals surface area contributed by atoms with Gasteiger partial charge in [0.1, 0.15) is 17.4 Å². The van der Waals surface area contributed by atoms with Gasteiger partial charge in [0.25, 0.3) is 20.2 Å². The number of hydrogen-bond donors (Lipinski definition) is 3. The van der Waals surface area contributed by atoms with Crippen molar-refractivity contribution in [3.8, 4) is 0 Å². The Morgan fingerprint density at radius 1 is 0.722 bits per heavy atom. The number of nitrogens with zero attached hydrogens (tertiary/aromatic N) is 2. The van der Waals surface area contributed by atoms with Gasteiger partial charge in [0.05, 0.1) is 26.4 Å². The number of carbonyl (C=O) groups excluding carboxylic acids is 1. The van der Waals surface area contributed by atoms with Gasteiger partial charge in [-0.3, -0.25) is 13.9 Å². The third-order valence-corrected chi connectivity index (χ3v) is 12.1. The highest BCUT2D eigenvalue weighted by Crippen LogP contribution is 2.50. The lowest BCUT2D eigenvalue weighted by molar-refractivity contribution is -0.455. The Morgan fingerprint density at radius 2 is 1.26 bits per heavy atom. The van der Waals surface area contributed by atoms with E-state index in [4.69, 9.17) is 0 Å². The molecule has 0 saturated heterocycles. The molecule has 54 heavy (non-hydrogen) atoms. The van der Waals surface area contributed by atoms with Gasteiger partial charge in [0.15, 0.2) is 12.3 Å². The second-order valence-electron chi connectivity index (χ2n) is 14.5. The monoisotopic (exact) mass is 773 g/mol. The molecular formula is C40H35F2N2O8S2+. The van der Waals surface area contributed by atoms with Crippen molar-refractivity contribution >= 4 is 43.1 Å². The third kappa shape index (κ3) is 6.28. The second kappa shape index (κ2) is 12.7. The lowest BCUT2D eigenvalue weighted by Crippen LogP contribution is -2.32. The molecule has 2 aliphatic heterocycles. The van der Waals surface area contributed by atoms with Crippen LogP contribution in [0.3, 0.4) is 0 Å². The summed E-state index contributed by atoms with van der Waals surface area (Å²) in [7, 11) is -9.10. The number of aliphatic hydroxyl groups excluding tert-OH is 1. The van der Waals surface area contributed by atoms with Crippen LogP contribution in [0.2, 0.25) is 0 Å². The summed E-state index contributed by atoms with van der Waals surface area (Å²) in [5, 5.41) is 11.5. The van der Waals surface area contributed by atoms with Gasteiger partial charge in [-0.1, -0.05) is 26.0 Å². The Hall–Kier alpha value is -5.28. The Kier molecular flexibility index (Phi) is 8.68. The number of aliphatic hydroxyl groups is 1. The van der Waals surface area contributed by atoms with Gasteiger partial charge in [-0.05, 0) is 97.8 Å². The van der Waals surface area contributed by atoms with E-state index in [1.54, 1.807) is 48.6 Å². The molecule has 0 amide bonds. The lowest BCUT2D eigenvalue weighted by Gasteiger charge is -2.29. The number of anilines is 1. The van der Waals surface area contributed by atoms with Crippen LogP contribution in [-0.2, 0) is 49.0 Å². The van der Waals surface area contributed by atoms with Gasteiger partial charge in [-0.25, -0.2) is 8.78 Å². The molecule has 4 aromatic carbocycles. The molecule has 0 bridgehead atoms. The normalized spacial score (nSPS) is 19.1.